The molecule has 0 aromatic heterocycles. The molecular formula is C5H6F5O3P. The second-order valence-electron chi connectivity index (χ2n) is 3.27. The van der Waals surface area contributed by atoms with Gasteiger partial charge in [0.1, 0.15) is 5.41 Å². The summed E-state index contributed by atoms with van der Waals surface area (Å²) in [6.45, 7) is 0.818. The van der Waals surface area contributed by atoms with Gasteiger partial charge in [-0.2, -0.15) is 17.6 Å². The molecule has 1 rings (SSSR count). The fourth-order valence-electron chi connectivity index (χ4n) is 0.690. The van der Waals surface area contributed by atoms with Crippen LogP contribution in [0.5, 0.6) is 0 Å². The Kier molecular flexibility index (Phi) is 2.27. The van der Waals surface area contributed by atoms with E-state index in [1.165, 1.54) is 0 Å². The number of rotatable bonds is 0. The third kappa shape index (κ3) is 1.55. The molecule has 9 heteroatoms. The standard InChI is InChI=1S/C5H6F5O3P/c1-3(2)4(6,7)12-14(10,11)13-5(3,8)9/h1-2H3. The minimum absolute atomic E-state index is 0.409. The van der Waals surface area contributed by atoms with Crippen LogP contribution >= 0.6 is 7.91 Å². The molecule has 0 aliphatic carbocycles. The van der Waals surface area contributed by atoms with E-state index in [1.807, 2.05) is 0 Å². The van der Waals surface area contributed by atoms with E-state index in [4.69, 9.17) is 0 Å². The second-order valence-corrected chi connectivity index (χ2v) is 4.50. The van der Waals surface area contributed by atoms with Crippen LogP contribution in [0, 0.1) is 5.41 Å². The fraction of sp³-hybridized carbons (Fsp3) is 1.00. The minimum Gasteiger partial charge on any atom is -0.223 e. The zero-order chi connectivity index (χ0) is 11.4. The molecule has 0 atom stereocenters. The van der Waals surface area contributed by atoms with E-state index in [0.717, 1.165) is 0 Å². The summed E-state index contributed by atoms with van der Waals surface area (Å²) in [5, 5.41) is 0. The minimum atomic E-state index is -5.91. The molecule has 1 fully saturated rings. The molecule has 3 nitrogen and oxygen atoms in total. The Hall–Kier alpha value is -0.200. The molecule has 0 aromatic carbocycles. The van der Waals surface area contributed by atoms with Gasteiger partial charge in [-0.05, 0) is 13.8 Å². The maximum absolute atomic E-state index is 12.8. The summed E-state index contributed by atoms with van der Waals surface area (Å²) < 4.78 is 79.9. The molecule has 84 valence electrons. The van der Waals surface area contributed by atoms with Crippen molar-refractivity contribution < 1.29 is 35.4 Å². The molecule has 1 saturated heterocycles. The van der Waals surface area contributed by atoms with Crippen LogP contribution in [0.15, 0.2) is 0 Å². The summed E-state index contributed by atoms with van der Waals surface area (Å²) in [7, 11) is -5.91. The molecule has 0 amide bonds. The lowest BCUT2D eigenvalue weighted by molar-refractivity contribution is -0.394. The first-order valence-electron chi connectivity index (χ1n) is 3.38. The Morgan fingerprint density at radius 1 is 1.00 bits per heavy atom. The zero-order valence-corrected chi connectivity index (χ0v) is 7.96. The van der Waals surface area contributed by atoms with Gasteiger partial charge < -0.3 is 0 Å². The first kappa shape index (κ1) is 11.9. The van der Waals surface area contributed by atoms with Gasteiger partial charge in [0.2, 0.25) is 0 Å². The highest BCUT2D eigenvalue weighted by Crippen LogP contribution is 2.68. The monoisotopic (exact) mass is 240 g/mol. The van der Waals surface area contributed by atoms with Gasteiger partial charge >= 0.3 is 20.1 Å². The molecule has 0 spiro atoms. The van der Waals surface area contributed by atoms with Crippen molar-refractivity contribution in [3.05, 3.63) is 0 Å². The Morgan fingerprint density at radius 2 is 1.29 bits per heavy atom. The van der Waals surface area contributed by atoms with Gasteiger partial charge in [-0.3, -0.25) is 0 Å². The lowest BCUT2D eigenvalue weighted by Gasteiger charge is -2.42. The highest BCUT2D eigenvalue weighted by atomic mass is 31.2. The molecule has 0 bridgehead atoms. The van der Waals surface area contributed by atoms with E-state index >= 15 is 0 Å². The van der Waals surface area contributed by atoms with Crippen molar-refractivity contribution in [1.29, 1.82) is 0 Å². The smallest absolute Gasteiger partial charge is 0.223 e. The molecule has 1 aliphatic rings. The molecule has 0 N–H and O–H groups in total. The van der Waals surface area contributed by atoms with Crippen LogP contribution in [-0.2, 0) is 13.6 Å². The Balaban J connectivity index is 3.20. The van der Waals surface area contributed by atoms with E-state index in [9.17, 15) is 26.3 Å². The van der Waals surface area contributed by atoms with E-state index < -0.39 is 25.5 Å². The lowest BCUT2D eigenvalue weighted by atomic mass is 9.90. The predicted molar refractivity (Wildman–Crippen MR) is 34.6 cm³/mol. The van der Waals surface area contributed by atoms with Crippen LogP contribution in [0.2, 0.25) is 0 Å². The van der Waals surface area contributed by atoms with Crippen LogP contribution in [0.1, 0.15) is 13.8 Å². The Bertz CT molecular complexity index is 278. The summed E-state index contributed by atoms with van der Waals surface area (Å²) in [4.78, 5) is 0. The number of hydrogen-bond donors (Lipinski definition) is 0. The lowest BCUT2D eigenvalue weighted by Crippen LogP contribution is -2.55. The van der Waals surface area contributed by atoms with E-state index in [2.05, 4.69) is 9.05 Å². The maximum atomic E-state index is 12.8. The second kappa shape index (κ2) is 2.68. The third-order valence-electron chi connectivity index (χ3n) is 1.90. The highest BCUT2D eigenvalue weighted by molar-refractivity contribution is 7.48. The van der Waals surface area contributed by atoms with Crippen molar-refractivity contribution in [3.63, 3.8) is 0 Å². The van der Waals surface area contributed by atoms with Crippen molar-refractivity contribution in [2.45, 2.75) is 26.1 Å². The van der Waals surface area contributed by atoms with Crippen molar-refractivity contribution in [3.8, 4) is 0 Å². The summed E-state index contributed by atoms with van der Waals surface area (Å²) in [5.41, 5.74) is -3.10. The van der Waals surface area contributed by atoms with Crippen molar-refractivity contribution >= 4 is 7.91 Å². The fourth-order valence-corrected chi connectivity index (χ4v) is 1.73. The number of hydrogen-bond acceptors (Lipinski definition) is 3. The highest BCUT2D eigenvalue weighted by Gasteiger charge is 2.73. The summed E-state index contributed by atoms with van der Waals surface area (Å²) in [6.07, 6.45) is -9.14. The molecule has 1 aliphatic heterocycles. The SMILES string of the molecule is CC1(C)C(F)(F)OP(=O)(F)OC1(F)F. The maximum Gasteiger partial charge on any atom is 0.522 e. The van der Waals surface area contributed by atoms with Crippen molar-refractivity contribution in [2.24, 2.45) is 5.41 Å². The average Bonchev–Trinajstić information content (AvgIpc) is 1.77. The van der Waals surface area contributed by atoms with Gasteiger partial charge in [0.05, 0.1) is 0 Å². The van der Waals surface area contributed by atoms with Gasteiger partial charge in [0, 0.05) is 0 Å². The van der Waals surface area contributed by atoms with Gasteiger partial charge in [-0.15, -0.1) is 4.20 Å². The Labute approximate surface area is 75.8 Å². The summed E-state index contributed by atoms with van der Waals surface area (Å²) in [6, 6.07) is 0. The van der Waals surface area contributed by atoms with E-state index in [1.54, 1.807) is 0 Å². The molecule has 0 saturated carbocycles. The Morgan fingerprint density at radius 3 is 1.57 bits per heavy atom. The van der Waals surface area contributed by atoms with Gasteiger partial charge in [-0.25, -0.2) is 13.6 Å². The average molecular weight is 240 g/mol. The van der Waals surface area contributed by atoms with E-state index in [0.29, 0.717) is 13.8 Å². The van der Waals surface area contributed by atoms with E-state index in [-0.39, 0.29) is 0 Å². The third-order valence-corrected chi connectivity index (χ3v) is 2.80. The normalized spacial score (nSPS) is 32.5. The number of halogens is 5. The van der Waals surface area contributed by atoms with Gasteiger partial charge in [0.15, 0.2) is 0 Å². The first-order chi connectivity index (χ1) is 5.91. The molecule has 1 heterocycles. The van der Waals surface area contributed by atoms with Crippen LogP contribution in [0.25, 0.3) is 0 Å². The van der Waals surface area contributed by atoms with Crippen molar-refractivity contribution in [2.75, 3.05) is 0 Å². The van der Waals surface area contributed by atoms with Crippen molar-refractivity contribution in [1.82, 2.24) is 0 Å². The molecule has 14 heavy (non-hydrogen) atoms. The molecule has 0 radical (unpaired) electrons. The summed E-state index contributed by atoms with van der Waals surface area (Å²) in [5.74, 6) is 0. The molecular weight excluding hydrogens is 234 g/mol. The van der Waals surface area contributed by atoms with Crippen LogP contribution in [-0.4, -0.2) is 12.2 Å². The molecule has 0 unspecified atom stereocenters. The van der Waals surface area contributed by atoms with Crippen LogP contribution in [0.4, 0.5) is 21.8 Å². The largest absolute Gasteiger partial charge is 0.522 e. The predicted octanol–water partition coefficient (Wildman–Crippen LogP) is 3.32. The first-order valence-corrected chi connectivity index (χ1v) is 4.81. The van der Waals surface area contributed by atoms with Gasteiger partial charge in [-0.1, -0.05) is 0 Å². The summed E-state index contributed by atoms with van der Waals surface area (Å²) >= 11 is 0. The zero-order valence-electron chi connectivity index (χ0n) is 7.06. The molecule has 0 aromatic rings. The van der Waals surface area contributed by atoms with Crippen LogP contribution in [0.3, 0.4) is 0 Å². The topological polar surface area (TPSA) is 35.5 Å². The number of alkyl halides is 4. The quantitative estimate of drug-likeness (QED) is 0.481. The van der Waals surface area contributed by atoms with Gasteiger partial charge in [0.25, 0.3) is 0 Å². The van der Waals surface area contributed by atoms with Crippen LogP contribution < -0.4 is 0 Å².